The highest BCUT2D eigenvalue weighted by atomic mass is 32.1. The maximum atomic E-state index is 15.7. The van der Waals surface area contributed by atoms with Crippen LogP contribution in [0.2, 0.25) is 0 Å². The summed E-state index contributed by atoms with van der Waals surface area (Å²) in [6.45, 7) is 6.78. The maximum Gasteiger partial charge on any atom is 0.251 e. The van der Waals surface area contributed by atoms with E-state index < -0.39 is 11.6 Å². The normalized spacial score (nSPS) is 15.8. The van der Waals surface area contributed by atoms with Gasteiger partial charge in [0.25, 0.3) is 5.91 Å². The van der Waals surface area contributed by atoms with Gasteiger partial charge in [0.2, 0.25) is 5.91 Å². The standard InChI is InChI=1S/C32H25F2N5O3S/c1-4-26(40)38-14-16(2)39-20(15-38)12-24(37-39)30-28(27-23(34)10-19(33)11-25(27)42-3)31-22(7-8-43-31)29(36-30)17-5-6-21-18(9-17)13-35-32(21)41/h4-12,16H,1,13-15H2,2-3H3,(H,35,41). The van der Waals surface area contributed by atoms with E-state index in [1.54, 1.807) is 11.0 Å². The molecule has 1 N–H and O–H groups in total. The number of carbonyl (C=O) groups excluding carboxylic acids is 2. The fourth-order valence-corrected chi connectivity index (χ4v) is 6.95. The van der Waals surface area contributed by atoms with Crippen molar-refractivity contribution < 1.29 is 23.1 Å². The van der Waals surface area contributed by atoms with Crippen molar-refractivity contribution in [2.75, 3.05) is 13.7 Å². The third kappa shape index (κ3) is 4.30. The molecule has 43 heavy (non-hydrogen) atoms. The first-order valence-electron chi connectivity index (χ1n) is 13.6. The Morgan fingerprint density at radius 2 is 2.00 bits per heavy atom. The van der Waals surface area contributed by atoms with Crippen LogP contribution in [0.3, 0.4) is 0 Å². The van der Waals surface area contributed by atoms with Gasteiger partial charge in [-0.15, -0.1) is 11.3 Å². The van der Waals surface area contributed by atoms with Crippen LogP contribution in [0.25, 0.3) is 43.9 Å². The molecule has 0 bridgehead atoms. The smallest absolute Gasteiger partial charge is 0.251 e. The number of aromatic nitrogens is 3. The van der Waals surface area contributed by atoms with E-state index in [-0.39, 0.29) is 29.2 Å². The molecule has 2 aliphatic rings. The van der Waals surface area contributed by atoms with Gasteiger partial charge in [0, 0.05) is 52.0 Å². The molecule has 216 valence electrons. The first-order chi connectivity index (χ1) is 20.8. The first-order valence-corrected chi connectivity index (χ1v) is 14.5. The van der Waals surface area contributed by atoms with Gasteiger partial charge in [-0.3, -0.25) is 14.3 Å². The number of benzene rings is 2. The summed E-state index contributed by atoms with van der Waals surface area (Å²) >= 11 is 1.41. The Balaban J connectivity index is 1.51. The number of methoxy groups -OCH3 is 1. The van der Waals surface area contributed by atoms with Crippen molar-refractivity contribution in [3.05, 3.63) is 89.0 Å². The Kier molecular flexibility index (Phi) is 6.35. The number of hydrogen-bond acceptors (Lipinski definition) is 6. The predicted octanol–water partition coefficient (Wildman–Crippen LogP) is 6.11. The zero-order valence-electron chi connectivity index (χ0n) is 23.3. The Hall–Kier alpha value is -4.90. The second-order valence-electron chi connectivity index (χ2n) is 10.6. The minimum Gasteiger partial charge on any atom is -0.496 e. The van der Waals surface area contributed by atoms with Crippen molar-refractivity contribution in [3.8, 4) is 39.5 Å². The molecule has 1 unspecified atom stereocenters. The average molecular weight is 598 g/mol. The summed E-state index contributed by atoms with van der Waals surface area (Å²) in [6, 6.07) is 11.2. The van der Waals surface area contributed by atoms with Crippen LogP contribution >= 0.6 is 11.3 Å². The molecule has 0 radical (unpaired) electrons. The molecule has 0 fully saturated rings. The van der Waals surface area contributed by atoms with Crippen LogP contribution in [-0.2, 0) is 17.9 Å². The third-order valence-corrected chi connectivity index (χ3v) is 8.89. The number of amides is 2. The molecular weight excluding hydrogens is 572 g/mol. The van der Waals surface area contributed by atoms with Crippen LogP contribution in [0.1, 0.15) is 34.6 Å². The maximum absolute atomic E-state index is 15.7. The highest BCUT2D eigenvalue weighted by Gasteiger charge is 2.30. The number of halogens is 2. The van der Waals surface area contributed by atoms with Gasteiger partial charge in [0.05, 0.1) is 36.6 Å². The Morgan fingerprint density at radius 3 is 2.79 bits per heavy atom. The van der Waals surface area contributed by atoms with Gasteiger partial charge in [-0.2, -0.15) is 5.10 Å². The zero-order chi connectivity index (χ0) is 30.0. The number of pyridine rings is 1. The van der Waals surface area contributed by atoms with Gasteiger partial charge in [-0.1, -0.05) is 12.6 Å². The molecule has 1 atom stereocenters. The van der Waals surface area contributed by atoms with E-state index in [1.165, 1.54) is 24.5 Å². The summed E-state index contributed by atoms with van der Waals surface area (Å²) in [6.07, 6.45) is 1.29. The first kappa shape index (κ1) is 27.0. The average Bonchev–Trinajstić information content (AvgIpc) is 3.74. The molecule has 3 aromatic heterocycles. The van der Waals surface area contributed by atoms with Crippen molar-refractivity contribution in [2.24, 2.45) is 0 Å². The lowest BCUT2D eigenvalue weighted by Gasteiger charge is -2.31. The highest BCUT2D eigenvalue weighted by molar-refractivity contribution is 7.18. The summed E-state index contributed by atoms with van der Waals surface area (Å²) < 4.78 is 38.1. The number of nitrogens with zero attached hydrogens (tertiary/aromatic N) is 4. The minimum absolute atomic E-state index is 0.0326. The lowest BCUT2D eigenvalue weighted by Crippen LogP contribution is -2.39. The van der Waals surface area contributed by atoms with Crippen molar-refractivity contribution in [3.63, 3.8) is 0 Å². The largest absolute Gasteiger partial charge is 0.496 e. The summed E-state index contributed by atoms with van der Waals surface area (Å²) in [4.78, 5) is 31.5. The van der Waals surface area contributed by atoms with E-state index in [9.17, 15) is 14.0 Å². The predicted molar refractivity (Wildman–Crippen MR) is 160 cm³/mol. The molecule has 5 aromatic rings. The van der Waals surface area contributed by atoms with Gasteiger partial charge in [-0.25, -0.2) is 13.8 Å². The van der Waals surface area contributed by atoms with Crippen molar-refractivity contribution in [1.82, 2.24) is 25.0 Å². The van der Waals surface area contributed by atoms with Gasteiger partial charge in [0.1, 0.15) is 28.8 Å². The topological polar surface area (TPSA) is 89.3 Å². The van der Waals surface area contributed by atoms with Crippen LogP contribution in [0.4, 0.5) is 8.78 Å². The van der Waals surface area contributed by atoms with Crippen LogP contribution in [0, 0.1) is 11.6 Å². The second-order valence-corrected chi connectivity index (χ2v) is 11.5. The van der Waals surface area contributed by atoms with Crippen LogP contribution in [0.5, 0.6) is 5.75 Å². The Morgan fingerprint density at radius 1 is 1.16 bits per heavy atom. The molecule has 11 heteroatoms. The van der Waals surface area contributed by atoms with Crippen molar-refractivity contribution in [2.45, 2.75) is 26.1 Å². The fraction of sp³-hybridized carbons (Fsp3) is 0.188. The summed E-state index contributed by atoms with van der Waals surface area (Å²) in [5.74, 6) is -1.81. The fourth-order valence-electron chi connectivity index (χ4n) is 6.00. The Bertz CT molecular complexity index is 2000. The summed E-state index contributed by atoms with van der Waals surface area (Å²) in [5.41, 5.74) is 5.08. The number of nitrogens with one attached hydrogen (secondary N) is 1. The van der Waals surface area contributed by atoms with Gasteiger partial charge in [0.15, 0.2) is 0 Å². The SMILES string of the molecule is C=CC(=O)N1Cc2cc(-c3nc(-c4ccc5c(c4)CNC5=O)c4ccsc4c3-c3c(F)cc(F)cc3OC)nn2C(C)C1. The Labute approximate surface area is 249 Å². The molecule has 0 saturated heterocycles. The van der Waals surface area contributed by atoms with E-state index in [0.717, 1.165) is 39.0 Å². The number of fused-ring (bicyclic) bond motifs is 3. The van der Waals surface area contributed by atoms with E-state index in [0.29, 0.717) is 47.8 Å². The van der Waals surface area contributed by atoms with E-state index in [1.807, 2.05) is 41.3 Å². The molecule has 0 spiro atoms. The molecule has 8 nitrogen and oxygen atoms in total. The highest BCUT2D eigenvalue weighted by Crippen LogP contribution is 2.47. The lowest BCUT2D eigenvalue weighted by atomic mass is 9.95. The van der Waals surface area contributed by atoms with Gasteiger partial charge < -0.3 is 15.0 Å². The third-order valence-electron chi connectivity index (χ3n) is 7.96. The van der Waals surface area contributed by atoms with Gasteiger partial charge >= 0.3 is 0 Å². The number of ether oxygens (including phenoxy) is 1. The number of hydrogen-bond donors (Lipinski definition) is 1. The molecule has 2 amide bonds. The van der Waals surface area contributed by atoms with Crippen LogP contribution in [-0.4, -0.2) is 45.1 Å². The quantitative estimate of drug-likeness (QED) is 0.247. The van der Waals surface area contributed by atoms with Crippen molar-refractivity contribution in [1.29, 1.82) is 0 Å². The summed E-state index contributed by atoms with van der Waals surface area (Å²) in [5, 5.41) is 10.4. The minimum atomic E-state index is -0.787. The van der Waals surface area contributed by atoms with Crippen molar-refractivity contribution >= 4 is 33.2 Å². The molecule has 7 rings (SSSR count). The number of thiophene rings is 1. The zero-order valence-corrected chi connectivity index (χ0v) is 24.1. The van der Waals surface area contributed by atoms with E-state index >= 15 is 4.39 Å². The number of rotatable bonds is 5. The number of carbonyl (C=O) groups is 2. The second kappa shape index (κ2) is 10.1. The molecule has 0 aliphatic carbocycles. The molecule has 2 aliphatic heterocycles. The molecular formula is C32H25F2N5O3S. The monoisotopic (exact) mass is 597 g/mol. The van der Waals surface area contributed by atoms with Crippen LogP contribution < -0.4 is 10.1 Å². The molecule has 0 saturated carbocycles. The van der Waals surface area contributed by atoms with E-state index in [4.69, 9.17) is 14.8 Å². The van der Waals surface area contributed by atoms with E-state index in [2.05, 4.69) is 11.9 Å². The molecule has 5 heterocycles. The van der Waals surface area contributed by atoms with Crippen LogP contribution in [0.15, 0.2) is 60.5 Å². The van der Waals surface area contributed by atoms with Gasteiger partial charge in [-0.05, 0) is 48.2 Å². The lowest BCUT2D eigenvalue weighted by molar-refractivity contribution is -0.127. The summed E-state index contributed by atoms with van der Waals surface area (Å²) in [7, 11) is 1.37. The molecule has 2 aromatic carbocycles.